The van der Waals surface area contributed by atoms with E-state index in [4.69, 9.17) is 16.3 Å². The third-order valence-electron chi connectivity index (χ3n) is 8.32. The van der Waals surface area contributed by atoms with E-state index in [9.17, 15) is 27.9 Å². The zero-order valence-electron chi connectivity index (χ0n) is 24.1. The van der Waals surface area contributed by atoms with Gasteiger partial charge in [0.1, 0.15) is 5.75 Å². The van der Waals surface area contributed by atoms with Gasteiger partial charge in [0.25, 0.3) is 0 Å². The number of benzene rings is 3. The van der Waals surface area contributed by atoms with Crippen LogP contribution in [0.5, 0.6) is 5.75 Å². The summed E-state index contributed by atoms with van der Waals surface area (Å²) in [5.74, 6) is -2.22. The number of amides is 1. The summed E-state index contributed by atoms with van der Waals surface area (Å²) in [6, 6.07) is 13.4. The van der Waals surface area contributed by atoms with Crippen molar-refractivity contribution in [2.24, 2.45) is 5.41 Å². The van der Waals surface area contributed by atoms with Crippen molar-refractivity contribution < 1.29 is 32.6 Å². The monoisotopic (exact) mass is 615 g/mol. The molecule has 11 heteroatoms. The summed E-state index contributed by atoms with van der Waals surface area (Å²) in [7, 11) is 1.36. The molecule has 1 saturated heterocycles. The Morgan fingerprint density at radius 1 is 1.09 bits per heavy atom. The molecule has 1 spiro atoms. The van der Waals surface area contributed by atoms with E-state index in [-0.39, 0.29) is 28.5 Å². The highest BCUT2D eigenvalue weighted by atomic mass is 35.5. The number of methoxy groups -OCH3 is 1. The molecule has 0 aliphatic carbocycles. The van der Waals surface area contributed by atoms with Gasteiger partial charge in [-0.05, 0) is 59.4 Å². The first-order chi connectivity index (χ1) is 20.1. The maximum Gasteiger partial charge on any atom is 0.416 e. The van der Waals surface area contributed by atoms with Gasteiger partial charge < -0.3 is 25.8 Å². The number of ether oxygens (including phenoxy) is 1. The first-order valence-corrected chi connectivity index (χ1v) is 14.2. The summed E-state index contributed by atoms with van der Waals surface area (Å²) in [5.41, 5.74) is 0.440. The Kier molecular flexibility index (Phi) is 7.89. The van der Waals surface area contributed by atoms with Gasteiger partial charge in [0, 0.05) is 34.6 Å². The van der Waals surface area contributed by atoms with E-state index < -0.39 is 41.0 Å². The molecule has 7 nitrogen and oxygen atoms in total. The van der Waals surface area contributed by atoms with Crippen molar-refractivity contribution >= 4 is 34.9 Å². The minimum atomic E-state index is -4.57. The maximum atomic E-state index is 14.2. The Morgan fingerprint density at radius 3 is 2.49 bits per heavy atom. The Balaban J connectivity index is 1.67. The number of aromatic carboxylic acids is 1. The molecular formula is C32H33ClF3N3O4. The fraction of sp³-hybridized carbons (Fsp3) is 0.375. The molecule has 228 valence electrons. The van der Waals surface area contributed by atoms with E-state index in [0.717, 1.165) is 23.4 Å². The van der Waals surface area contributed by atoms with E-state index in [1.54, 1.807) is 18.2 Å². The van der Waals surface area contributed by atoms with Crippen molar-refractivity contribution in [3.63, 3.8) is 0 Å². The lowest BCUT2D eigenvalue weighted by Gasteiger charge is -2.39. The number of carbonyl (C=O) groups excluding carboxylic acids is 1. The fourth-order valence-corrected chi connectivity index (χ4v) is 6.76. The first-order valence-electron chi connectivity index (χ1n) is 13.8. The summed E-state index contributed by atoms with van der Waals surface area (Å²) in [6.07, 6.45) is -3.96. The highest BCUT2D eigenvalue weighted by Crippen LogP contribution is 2.56. The largest absolute Gasteiger partial charge is 0.495 e. The number of alkyl halides is 3. The van der Waals surface area contributed by atoms with E-state index in [1.807, 2.05) is 6.07 Å². The number of halogens is 4. The lowest BCUT2D eigenvalue weighted by molar-refractivity contribution is -0.137. The van der Waals surface area contributed by atoms with Crippen LogP contribution in [0.1, 0.15) is 60.2 Å². The normalized spacial score (nSPS) is 23.1. The second kappa shape index (κ2) is 11.1. The van der Waals surface area contributed by atoms with Crippen molar-refractivity contribution in [3.8, 4) is 5.75 Å². The molecule has 1 amide bonds. The molecule has 2 aliphatic heterocycles. The highest BCUT2D eigenvalue weighted by molar-refractivity contribution is 6.30. The molecule has 4 N–H and O–H groups in total. The van der Waals surface area contributed by atoms with E-state index in [1.165, 1.54) is 31.4 Å². The van der Waals surface area contributed by atoms with Gasteiger partial charge in [0.2, 0.25) is 5.91 Å². The molecule has 4 atom stereocenters. The summed E-state index contributed by atoms with van der Waals surface area (Å²) in [4.78, 5) is 25.7. The van der Waals surface area contributed by atoms with Crippen LogP contribution in [0, 0.1) is 5.41 Å². The fourth-order valence-electron chi connectivity index (χ4n) is 6.59. The Morgan fingerprint density at radius 2 is 1.84 bits per heavy atom. The van der Waals surface area contributed by atoms with Crippen LogP contribution in [-0.4, -0.2) is 42.7 Å². The number of hydrogen-bond acceptors (Lipinski definition) is 5. The van der Waals surface area contributed by atoms with E-state index in [2.05, 4.69) is 36.7 Å². The van der Waals surface area contributed by atoms with Gasteiger partial charge in [-0.1, -0.05) is 56.6 Å². The SMILES string of the molecule is COc1cc(C(=O)O)ccc1NC(=O)[C@@H]1N[C@@H](CC(C)(C)C)[C@@]2(CNc3cc(Cl)ccc32)[C@H]1c1cccc(C(F)(F)F)c1. The van der Waals surface area contributed by atoms with Crippen molar-refractivity contribution in [1.29, 1.82) is 0 Å². The van der Waals surface area contributed by atoms with Crippen molar-refractivity contribution in [3.05, 3.63) is 87.9 Å². The number of hydrogen-bond donors (Lipinski definition) is 4. The van der Waals surface area contributed by atoms with Gasteiger partial charge in [-0.15, -0.1) is 0 Å². The zero-order chi connectivity index (χ0) is 31.3. The molecule has 0 saturated carbocycles. The van der Waals surface area contributed by atoms with Crippen LogP contribution < -0.4 is 20.7 Å². The molecule has 3 aromatic rings. The number of fused-ring (bicyclic) bond motifs is 2. The summed E-state index contributed by atoms with van der Waals surface area (Å²) in [6.45, 7) is 6.61. The Labute approximate surface area is 252 Å². The predicted molar refractivity (Wildman–Crippen MR) is 159 cm³/mol. The van der Waals surface area contributed by atoms with Crippen molar-refractivity contribution in [1.82, 2.24) is 5.32 Å². The average Bonchev–Trinajstić information content (AvgIpc) is 3.45. The second-order valence-corrected chi connectivity index (χ2v) is 12.8. The maximum absolute atomic E-state index is 14.2. The number of carboxylic acid groups (broad SMARTS) is 1. The van der Waals surface area contributed by atoms with Crippen LogP contribution in [0.3, 0.4) is 0 Å². The molecule has 3 aromatic carbocycles. The number of carbonyl (C=O) groups is 2. The highest BCUT2D eigenvalue weighted by Gasteiger charge is 2.61. The molecule has 5 rings (SSSR count). The van der Waals surface area contributed by atoms with Gasteiger partial charge in [-0.25, -0.2) is 4.79 Å². The number of carboxylic acids is 1. The number of nitrogens with one attached hydrogen (secondary N) is 3. The third kappa shape index (κ3) is 5.78. The molecule has 1 fully saturated rings. The topological polar surface area (TPSA) is 99.7 Å². The first kappa shape index (κ1) is 30.7. The summed E-state index contributed by atoms with van der Waals surface area (Å²) in [5, 5.41) is 19.7. The lowest BCUT2D eigenvalue weighted by Crippen LogP contribution is -2.46. The van der Waals surface area contributed by atoms with Gasteiger partial charge in [-0.3, -0.25) is 4.79 Å². The van der Waals surface area contributed by atoms with Crippen LogP contribution in [0.4, 0.5) is 24.5 Å². The standard InChI is InChI=1S/C32H33ClF3N3O4/c1-30(2,3)15-25-31(16-37-23-14-20(33)9-10-21(23)31)26(17-6-5-7-19(12-17)32(34,35)36)27(39-25)28(40)38-22-11-8-18(29(41)42)13-24(22)43-4/h5-14,25-27,37,39H,15-16H2,1-4H3,(H,38,40)(H,41,42)/t25-,26-,27+,31-/m0/s1. The zero-order valence-corrected chi connectivity index (χ0v) is 24.9. The van der Waals surface area contributed by atoms with Crippen LogP contribution in [0.25, 0.3) is 0 Å². The molecule has 2 heterocycles. The Bertz CT molecular complexity index is 1570. The molecule has 0 radical (unpaired) electrons. The molecule has 2 aliphatic rings. The number of anilines is 2. The lowest BCUT2D eigenvalue weighted by atomic mass is 9.63. The molecule has 0 unspecified atom stereocenters. The van der Waals surface area contributed by atoms with Crippen LogP contribution in [-0.2, 0) is 16.4 Å². The van der Waals surface area contributed by atoms with Gasteiger partial charge in [0.15, 0.2) is 0 Å². The molecule has 0 aromatic heterocycles. The molecule has 0 bridgehead atoms. The van der Waals surface area contributed by atoms with Gasteiger partial charge >= 0.3 is 12.1 Å². The van der Waals surface area contributed by atoms with Crippen molar-refractivity contribution in [2.45, 2.75) is 56.8 Å². The third-order valence-corrected chi connectivity index (χ3v) is 8.56. The quantitative estimate of drug-likeness (QED) is 0.240. The number of rotatable bonds is 6. The average molecular weight is 616 g/mol. The second-order valence-electron chi connectivity index (χ2n) is 12.4. The van der Waals surface area contributed by atoms with E-state index >= 15 is 0 Å². The molecular weight excluding hydrogens is 583 g/mol. The minimum absolute atomic E-state index is 0.0211. The van der Waals surface area contributed by atoms with Crippen LogP contribution >= 0.6 is 11.6 Å². The van der Waals surface area contributed by atoms with Crippen LogP contribution in [0.2, 0.25) is 5.02 Å². The molecule has 43 heavy (non-hydrogen) atoms. The van der Waals surface area contributed by atoms with E-state index in [0.29, 0.717) is 23.6 Å². The predicted octanol–water partition coefficient (Wildman–Crippen LogP) is 6.93. The summed E-state index contributed by atoms with van der Waals surface area (Å²) < 4.78 is 47.2. The van der Waals surface area contributed by atoms with Crippen LogP contribution in [0.15, 0.2) is 60.7 Å². The van der Waals surface area contributed by atoms with Crippen molar-refractivity contribution in [2.75, 3.05) is 24.3 Å². The minimum Gasteiger partial charge on any atom is -0.495 e. The summed E-state index contributed by atoms with van der Waals surface area (Å²) >= 11 is 6.32. The van der Waals surface area contributed by atoms with Gasteiger partial charge in [-0.2, -0.15) is 13.2 Å². The van der Waals surface area contributed by atoms with Gasteiger partial charge in [0.05, 0.1) is 30.0 Å². The Hall–Kier alpha value is -3.76. The smallest absolute Gasteiger partial charge is 0.416 e.